The first-order valence-electron chi connectivity index (χ1n) is 9.40. The predicted molar refractivity (Wildman–Crippen MR) is 117 cm³/mol. The maximum absolute atomic E-state index is 13.8. The average molecular weight is 483 g/mol. The molecule has 8 nitrogen and oxygen atoms in total. The van der Waals surface area contributed by atoms with Crippen molar-refractivity contribution in [3.8, 4) is 0 Å². The molecule has 1 aliphatic rings. The van der Waals surface area contributed by atoms with Gasteiger partial charge in [-0.15, -0.1) is 10.2 Å². The van der Waals surface area contributed by atoms with Gasteiger partial charge < -0.3 is 14.6 Å². The van der Waals surface area contributed by atoms with Crippen molar-refractivity contribution in [2.75, 3.05) is 22.6 Å². The second-order valence-electron chi connectivity index (χ2n) is 6.92. The van der Waals surface area contributed by atoms with Crippen LogP contribution in [0.2, 0.25) is 0 Å². The van der Waals surface area contributed by atoms with E-state index in [1.807, 2.05) is 0 Å². The lowest BCUT2D eigenvalue weighted by atomic mass is 10.2. The Morgan fingerprint density at radius 1 is 1.29 bits per heavy atom. The summed E-state index contributed by atoms with van der Waals surface area (Å²) in [6, 6.07) is 9.33. The Bertz CT molecular complexity index is 1150. The molecule has 3 aromatic rings. The summed E-state index contributed by atoms with van der Waals surface area (Å²) in [7, 11) is -3.14. The van der Waals surface area contributed by atoms with Crippen LogP contribution in [-0.2, 0) is 21.2 Å². The minimum atomic E-state index is -3.14. The monoisotopic (exact) mass is 482 g/mol. The molecular weight excluding hydrogens is 463 g/mol. The van der Waals surface area contributed by atoms with Gasteiger partial charge in [0.05, 0.1) is 35.8 Å². The van der Waals surface area contributed by atoms with Crippen LogP contribution >= 0.6 is 23.1 Å². The number of carbonyl (C=O) groups excluding carboxylic acids is 1. The molecule has 4 rings (SSSR count). The molecule has 3 heterocycles. The van der Waals surface area contributed by atoms with Crippen molar-refractivity contribution in [3.63, 3.8) is 0 Å². The molecule has 31 heavy (non-hydrogen) atoms. The van der Waals surface area contributed by atoms with Gasteiger partial charge in [-0.25, -0.2) is 12.8 Å². The molecule has 1 aromatic carbocycles. The molecule has 0 bridgehead atoms. The van der Waals surface area contributed by atoms with Gasteiger partial charge >= 0.3 is 0 Å². The van der Waals surface area contributed by atoms with Gasteiger partial charge in [0.2, 0.25) is 11.0 Å². The SMILES string of the molecule is O=C(CSc1nnc(Nc2ccccc2F)s1)N(Cc1ccco1)[C@H]1CCS(=O)(=O)C1. The number of hydrogen-bond donors (Lipinski definition) is 1. The first-order valence-corrected chi connectivity index (χ1v) is 13.0. The van der Waals surface area contributed by atoms with Gasteiger partial charge in [-0.1, -0.05) is 35.2 Å². The third-order valence-corrected chi connectivity index (χ3v) is 8.42. The van der Waals surface area contributed by atoms with Crippen LogP contribution in [0.4, 0.5) is 15.2 Å². The number of sulfone groups is 1. The minimum Gasteiger partial charge on any atom is -0.467 e. The Morgan fingerprint density at radius 3 is 2.84 bits per heavy atom. The second kappa shape index (κ2) is 9.37. The predicted octanol–water partition coefficient (Wildman–Crippen LogP) is 3.32. The number of furan rings is 1. The van der Waals surface area contributed by atoms with Crippen molar-refractivity contribution in [2.45, 2.75) is 23.3 Å². The first-order chi connectivity index (χ1) is 14.9. The van der Waals surface area contributed by atoms with E-state index in [1.165, 1.54) is 35.4 Å². The largest absolute Gasteiger partial charge is 0.467 e. The quantitative estimate of drug-likeness (QED) is 0.488. The summed E-state index contributed by atoms with van der Waals surface area (Å²) in [5.41, 5.74) is 0.290. The highest BCUT2D eigenvalue weighted by atomic mass is 32.2. The normalized spacial score (nSPS) is 17.5. The highest BCUT2D eigenvalue weighted by molar-refractivity contribution is 8.01. The number of rotatable bonds is 8. The molecule has 1 N–H and O–H groups in total. The maximum Gasteiger partial charge on any atom is 0.233 e. The maximum atomic E-state index is 13.8. The fourth-order valence-electron chi connectivity index (χ4n) is 3.22. The van der Waals surface area contributed by atoms with Gasteiger partial charge in [-0.2, -0.15) is 0 Å². The van der Waals surface area contributed by atoms with Gasteiger partial charge in [-0.3, -0.25) is 4.79 Å². The smallest absolute Gasteiger partial charge is 0.233 e. The van der Waals surface area contributed by atoms with Crippen LogP contribution < -0.4 is 5.32 Å². The molecule has 1 aliphatic heterocycles. The van der Waals surface area contributed by atoms with Crippen molar-refractivity contribution < 1.29 is 22.0 Å². The lowest BCUT2D eigenvalue weighted by Crippen LogP contribution is -2.41. The topological polar surface area (TPSA) is 105 Å². The first kappa shape index (κ1) is 21.8. The third kappa shape index (κ3) is 5.63. The summed E-state index contributed by atoms with van der Waals surface area (Å²) >= 11 is 2.41. The highest BCUT2D eigenvalue weighted by Crippen LogP contribution is 2.29. The summed E-state index contributed by atoms with van der Waals surface area (Å²) in [6.07, 6.45) is 1.93. The molecule has 0 saturated carbocycles. The summed E-state index contributed by atoms with van der Waals surface area (Å²) in [5, 5.41) is 11.3. The number of hydrogen-bond acceptors (Lipinski definition) is 9. The standard InChI is InChI=1S/C19H19FN4O4S3/c20-15-5-1-2-6-16(15)21-18-22-23-19(30-18)29-11-17(25)24(10-14-4-3-8-28-14)13-7-9-31(26,27)12-13/h1-6,8,13H,7,9-12H2,(H,21,22)/t13-/m0/s1. The van der Waals surface area contributed by atoms with Crippen LogP contribution in [0.25, 0.3) is 0 Å². The number of halogens is 1. The van der Waals surface area contributed by atoms with E-state index in [4.69, 9.17) is 4.42 Å². The number of anilines is 2. The fourth-order valence-corrected chi connectivity index (χ4v) is 6.60. The van der Waals surface area contributed by atoms with Crippen LogP contribution in [0.1, 0.15) is 12.2 Å². The number of carbonyl (C=O) groups is 1. The molecule has 12 heteroatoms. The van der Waals surface area contributed by atoms with Gasteiger partial charge in [0, 0.05) is 6.04 Å². The summed E-state index contributed by atoms with van der Waals surface area (Å²) in [6.45, 7) is 0.211. The number of amides is 1. The Hall–Kier alpha value is -2.44. The Kier molecular flexibility index (Phi) is 6.58. The Labute approximate surface area is 186 Å². The van der Waals surface area contributed by atoms with E-state index in [0.717, 1.165) is 0 Å². The van der Waals surface area contributed by atoms with E-state index in [-0.39, 0.29) is 35.8 Å². The van der Waals surface area contributed by atoms with Crippen molar-refractivity contribution in [1.82, 2.24) is 15.1 Å². The number of nitrogens with zero attached hydrogens (tertiary/aromatic N) is 3. The Morgan fingerprint density at radius 2 is 2.13 bits per heavy atom. The zero-order chi connectivity index (χ0) is 21.8. The molecule has 0 radical (unpaired) electrons. The molecule has 164 valence electrons. The number of thioether (sulfide) groups is 1. The molecule has 1 fully saturated rings. The summed E-state index contributed by atoms with van der Waals surface area (Å²) in [4.78, 5) is 14.5. The van der Waals surface area contributed by atoms with Crippen molar-refractivity contribution in [1.29, 1.82) is 0 Å². The van der Waals surface area contributed by atoms with Crippen LogP contribution in [0, 0.1) is 5.82 Å². The van der Waals surface area contributed by atoms with Gasteiger partial charge in [0.1, 0.15) is 11.6 Å². The zero-order valence-corrected chi connectivity index (χ0v) is 18.7. The van der Waals surface area contributed by atoms with E-state index in [9.17, 15) is 17.6 Å². The lowest BCUT2D eigenvalue weighted by molar-refractivity contribution is -0.131. The number of nitrogens with one attached hydrogen (secondary N) is 1. The van der Waals surface area contributed by atoms with Gasteiger partial charge in [-0.05, 0) is 30.7 Å². The van der Waals surface area contributed by atoms with E-state index in [0.29, 0.717) is 27.3 Å². The average Bonchev–Trinajstić information content (AvgIpc) is 3.48. The van der Waals surface area contributed by atoms with Gasteiger partial charge in [0.15, 0.2) is 14.2 Å². The summed E-state index contributed by atoms with van der Waals surface area (Å²) < 4.78 is 43.5. The molecule has 1 atom stereocenters. The molecule has 2 aromatic heterocycles. The second-order valence-corrected chi connectivity index (χ2v) is 11.4. The summed E-state index contributed by atoms with van der Waals surface area (Å²) in [5.74, 6) is 0.0961. The van der Waals surface area contributed by atoms with Gasteiger partial charge in [0.25, 0.3) is 0 Å². The highest BCUT2D eigenvalue weighted by Gasteiger charge is 2.35. The lowest BCUT2D eigenvalue weighted by Gasteiger charge is -2.27. The molecule has 0 spiro atoms. The molecule has 1 saturated heterocycles. The Balaban J connectivity index is 1.39. The fraction of sp³-hybridized carbons (Fsp3) is 0.316. The van der Waals surface area contributed by atoms with Crippen LogP contribution in [0.3, 0.4) is 0 Å². The zero-order valence-electron chi connectivity index (χ0n) is 16.2. The minimum absolute atomic E-state index is 0.0420. The number of para-hydroxylation sites is 1. The number of aromatic nitrogens is 2. The van der Waals surface area contributed by atoms with Crippen molar-refractivity contribution in [2.24, 2.45) is 0 Å². The molecule has 0 unspecified atom stereocenters. The number of benzene rings is 1. The molecular formula is C19H19FN4O4S3. The van der Waals surface area contributed by atoms with Crippen LogP contribution in [0.15, 0.2) is 51.4 Å². The van der Waals surface area contributed by atoms with Crippen molar-refractivity contribution >= 4 is 49.7 Å². The third-order valence-electron chi connectivity index (χ3n) is 4.72. The molecule has 0 aliphatic carbocycles. The molecule has 1 amide bonds. The van der Waals surface area contributed by atoms with E-state index >= 15 is 0 Å². The van der Waals surface area contributed by atoms with E-state index < -0.39 is 15.7 Å². The van der Waals surface area contributed by atoms with Crippen molar-refractivity contribution in [3.05, 3.63) is 54.2 Å². The van der Waals surface area contributed by atoms with Crippen LogP contribution in [0.5, 0.6) is 0 Å². The van der Waals surface area contributed by atoms with Crippen LogP contribution in [-0.4, -0.2) is 52.7 Å². The van der Waals surface area contributed by atoms with E-state index in [2.05, 4.69) is 15.5 Å². The van der Waals surface area contributed by atoms with E-state index in [1.54, 1.807) is 35.2 Å².